The molecule has 0 aliphatic carbocycles. The Labute approximate surface area is 125 Å². The fraction of sp³-hybridized carbons (Fsp3) is 0.267. The molecule has 4 nitrogen and oxygen atoms in total. The highest BCUT2D eigenvalue weighted by atomic mass is 79.9. The molecule has 0 aliphatic rings. The monoisotopic (exact) mass is 331 g/mol. The molecule has 20 heavy (non-hydrogen) atoms. The third-order valence-electron chi connectivity index (χ3n) is 3.03. The number of halogens is 1. The summed E-state index contributed by atoms with van der Waals surface area (Å²) in [5.74, 6) is 1.13. The van der Waals surface area contributed by atoms with Crippen molar-refractivity contribution in [1.82, 2.24) is 15.1 Å². The minimum atomic E-state index is -0.140. The summed E-state index contributed by atoms with van der Waals surface area (Å²) in [5, 5.41) is 6.17. The van der Waals surface area contributed by atoms with Crippen molar-refractivity contribution in [3.8, 4) is 11.6 Å². The number of hydrogen-bond acceptors (Lipinski definition) is 4. The number of fused-ring (bicyclic) bond motifs is 1. The van der Waals surface area contributed by atoms with Crippen molar-refractivity contribution in [3.05, 3.63) is 40.8 Å². The predicted octanol–water partition coefficient (Wildman–Crippen LogP) is 4.34. The zero-order valence-electron chi connectivity index (χ0n) is 11.5. The van der Waals surface area contributed by atoms with Gasteiger partial charge in [0.15, 0.2) is 5.82 Å². The first-order valence-corrected chi connectivity index (χ1v) is 7.13. The van der Waals surface area contributed by atoms with E-state index in [0.717, 1.165) is 15.2 Å². The third-order valence-corrected chi connectivity index (χ3v) is 3.72. The molecule has 0 bridgehead atoms. The standard InChI is InChI=1S/C15H14BrN3O/c1-15(2,3)14-18-13(20-19-14)12-7-10-9(8-17-12)5-4-6-11(10)16/h4-8H,1-3H3. The molecule has 0 N–H and O–H groups in total. The number of pyridine rings is 1. The molecular formula is C15H14BrN3O. The summed E-state index contributed by atoms with van der Waals surface area (Å²) in [4.78, 5) is 8.83. The van der Waals surface area contributed by atoms with Crippen molar-refractivity contribution in [1.29, 1.82) is 0 Å². The third kappa shape index (κ3) is 2.33. The van der Waals surface area contributed by atoms with Gasteiger partial charge in [-0.25, -0.2) is 0 Å². The molecule has 0 aliphatic heterocycles. The van der Waals surface area contributed by atoms with Crippen LogP contribution >= 0.6 is 15.9 Å². The lowest BCUT2D eigenvalue weighted by molar-refractivity contribution is 0.401. The summed E-state index contributed by atoms with van der Waals surface area (Å²) in [6.45, 7) is 6.14. The summed E-state index contributed by atoms with van der Waals surface area (Å²) in [5.41, 5.74) is 0.548. The van der Waals surface area contributed by atoms with Crippen LogP contribution in [0.4, 0.5) is 0 Å². The summed E-state index contributed by atoms with van der Waals surface area (Å²) >= 11 is 3.55. The van der Waals surface area contributed by atoms with Crippen LogP contribution in [-0.4, -0.2) is 15.1 Å². The molecule has 3 aromatic rings. The van der Waals surface area contributed by atoms with Gasteiger partial charge in [0.1, 0.15) is 5.69 Å². The first-order chi connectivity index (χ1) is 9.45. The maximum absolute atomic E-state index is 5.33. The molecule has 1 aromatic carbocycles. The molecule has 3 rings (SSSR count). The van der Waals surface area contributed by atoms with Gasteiger partial charge in [0.05, 0.1) is 0 Å². The second-order valence-corrected chi connectivity index (χ2v) is 6.56. The van der Waals surface area contributed by atoms with Crippen LogP contribution in [0.2, 0.25) is 0 Å². The van der Waals surface area contributed by atoms with Gasteiger partial charge in [0.2, 0.25) is 0 Å². The number of benzene rings is 1. The molecule has 0 saturated heterocycles. The summed E-state index contributed by atoms with van der Waals surface area (Å²) in [6, 6.07) is 7.96. The Kier molecular flexibility index (Phi) is 3.09. The van der Waals surface area contributed by atoms with Gasteiger partial charge in [-0.2, -0.15) is 4.98 Å². The zero-order valence-corrected chi connectivity index (χ0v) is 13.1. The number of nitrogens with zero attached hydrogens (tertiary/aromatic N) is 3. The van der Waals surface area contributed by atoms with Gasteiger partial charge in [0.25, 0.3) is 5.89 Å². The summed E-state index contributed by atoms with van der Waals surface area (Å²) in [7, 11) is 0. The fourth-order valence-corrected chi connectivity index (χ4v) is 2.38. The Balaban J connectivity index is 2.11. The predicted molar refractivity (Wildman–Crippen MR) is 81.4 cm³/mol. The van der Waals surface area contributed by atoms with Crippen LogP contribution in [0, 0.1) is 0 Å². The second kappa shape index (κ2) is 4.66. The van der Waals surface area contributed by atoms with E-state index >= 15 is 0 Å². The Morgan fingerprint density at radius 3 is 2.70 bits per heavy atom. The average Bonchev–Trinajstić information content (AvgIpc) is 2.88. The molecule has 0 amide bonds. The highest BCUT2D eigenvalue weighted by Gasteiger charge is 2.22. The average molecular weight is 332 g/mol. The zero-order chi connectivity index (χ0) is 14.3. The van der Waals surface area contributed by atoms with E-state index < -0.39 is 0 Å². The molecule has 2 aromatic heterocycles. The topological polar surface area (TPSA) is 51.8 Å². The molecule has 102 valence electrons. The van der Waals surface area contributed by atoms with E-state index in [4.69, 9.17) is 4.52 Å². The van der Waals surface area contributed by atoms with Gasteiger partial charge < -0.3 is 4.52 Å². The van der Waals surface area contributed by atoms with Gasteiger partial charge in [0, 0.05) is 21.5 Å². The summed E-state index contributed by atoms with van der Waals surface area (Å²) < 4.78 is 6.35. The Bertz CT molecular complexity index is 774. The number of aromatic nitrogens is 3. The number of rotatable bonds is 1. The first-order valence-electron chi connectivity index (χ1n) is 6.34. The van der Waals surface area contributed by atoms with E-state index in [1.165, 1.54) is 0 Å². The minimum Gasteiger partial charge on any atom is -0.332 e. The van der Waals surface area contributed by atoms with Crippen LogP contribution in [-0.2, 0) is 5.41 Å². The molecular weight excluding hydrogens is 318 g/mol. The Hall–Kier alpha value is -1.75. The lowest BCUT2D eigenvalue weighted by Gasteiger charge is -2.10. The lowest BCUT2D eigenvalue weighted by atomic mass is 9.96. The molecule has 0 radical (unpaired) electrons. The van der Waals surface area contributed by atoms with Crippen molar-refractivity contribution in [2.75, 3.05) is 0 Å². The molecule has 0 unspecified atom stereocenters. The van der Waals surface area contributed by atoms with Crippen LogP contribution in [0.1, 0.15) is 26.6 Å². The van der Waals surface area contributed by atoms with Gasteiger partial charge >= 0.3 is 0 Å². The molecule has 5 heteroatoms. The van der Waals surface area contributed by atoms with Crippen LogP contribution in [0.3, 0.4) is 0 Å². The molecule has 0 saturated carbocycles. The fourth-order valence-electron chi connectivity index (χ4n) is 1.88. The van der Waals surface area contributed by atoms with Gasteiger partial charge in [-0.05, 0) is 17.5 Å². The second-order valence-electron chi connectivity index (χ2n) is 5.70. The largest absolute Gasteiger partial charge is 0.332 e. The Morgan fingerprint density at radius 2 is 2.00 bits per heavy atom. The first kappa shape index (κ1) is 13.2. The maximum Gasteiger partial charge on any atom is 0.276 e. The van der Waals surface area contributed by atoms with Crippen molar-refractivity contribution in [2.24, 2.45) is 0 Å². The van der Waals surface area contributed by atoms with E-state index in [1.54, 1.807) is 0 Å². The molecule has 2 heterocycles. The smallest absolute Gasteiger partial charge is 0.276 e. The van der Waals surface area contributed by atoms with E-state index in [9.17, 15) is 0 Å². The van der Waals surface area contributed by atoms with Crippen LogP contribution < -0.4 is 0 Å². The van der Waals surface area contributed by atoms with Crippen molar-refractivity contribution >= 4 is 26.7 Å². The SMILES string of the molecule is CC(C)(C)c1noc(-c2cc3c(Br)cccc3cn2)n1. The van der Waals surface area contributed by atoms with E-state index in [2.05, 4.69) is 31.1 Å². The maximum atomic E-state index is 5.33. The minimum absolute atomic E-state index is 0.140. The summed E-state index contributed by atoms with van der Waals surface area (Å²) in [6.07, 6.45) is 1.82. The quantitative estimate of drug-likeness (QED) is 0.665. The normalized spacial score (nSPS) is 12.0. The van der Waals surface area contributed by atoms with E-state index in [-0.39, 0.29) is 5.41 Å². The van der Waals surface area contributed by atoms with Crippen molar-refractivity contribution in [2.45, 2.75) is 26.2 Å². The van der Waals surface area contributed by atoms with Crippen LogP contribution in [0.25, 0.3) is 22.4 Å². The van der Waals surface area contributed by atoms with E-state index in [0.29, 0.717) is 17.4 Å². The highest BCUT2D eigenvalue weighted by molar-refractivity contribution is 9.10. The van der Waals surface area contributed by atoms with Gasteiger partial charge in [-0.3, -0.25) is 4.98 Å². The van der Waals surface area contributed by atoms with Crippen molar-refractivity contribution < 1.29 is 4.52 Å². The molecule has 0 spiro atoms. The van der Waals surface area contributed by atoms with Crippen molar-refractivity contribution in [3.63, 3.8) is 0 Å². The van der Waals surface area contributed by atoms with Crippen LogP contribution in [0.5, 0.6) is 0 Å². The lowest BCUT2D eigenvalue weighted by Crippen LogP contribution is -2.13. The molecule has 0 fully saturated rings. The van der Waals surface area contributed by atoms with Gasteiger partial charge in [-0.1, -0.05) is 54.0 Å². The van der Waals surface area contributed by atoms with E-state index in [1.807, 2.05) is 51.2 Å². The highest BCUT2D eigenvalue weighted by Crippen LogP contribution is 2.28. The van der Waals surface area contributed by atoms with Crippen LogP contribution in [0.15, 0.2) is 39.5 Å². The number of hydrogen-bond donors (Lipinski definition) is 0. The molecule has 0 atom stereocenters. The van der Waals surface area contributed by atoms with Gasteiger partial charge in [-0.15, -0.1) is 0 Å². The Morgan fingerprint density at radius 1 is 1.20 bits per heavy atom.